The molecule has 6 nitrogen and oxygen atoms in total. The monoisotopic (exact) mass is 350 g/mol. The van der Waals surface area contributed by atoms with Crippen LogP contribution in [-0.2, 0) is 11.3 Å². The number of hydrogen-bond donors (Lipinski definition) is 2. The number of piperidine rings is 1. The van der Waals surface area contributed by atoms with Crippen LogP contribution in [0.4, 0.5) is 8.78 Å². The molecule has 1 saturated heterocycles. The van der Waals surface area contributed by atoms with Crippen molar-refractivity contribution in [2.75, 3.05) is 13.1 Å². The lowest BCUT2D eigenvalue weighted by Gasteiger charge is -2.38. The van der Waals surface area contributed by atoms with Gasteiger partial charge in [-0.2, -0.15) is 5.10 Å². The molecule has 1 aromatic carbocycles. The number of primary amides is 1. The zero-order valence-electron chi connectivity index (χ0n) is 13.7. The van der Waals surface area contributed by atoms with Crippen LogP contribution in [0.15, 0.2) is 30.5 Å². The summed E-state index contributed by atoms with van der Waals surface area (Å²) in [6, 6.07) is 5.05. The minimum absolute atomic E-state index is 0.0707. The summed E-state index contributed by atoms with van der Waals surface area (Å²) in [5.41, 5.74) is 4.94. The van der Waals surface area contributed by atoms with Gasteiger partial charge in [0.15, 0.2) is 5.82 Å². The maximum absolute atomic E-state index is 13.8. The number of likely N-dealkylation sites (tertiary alicyclic amines) is 1. The molecule has 0 radical (unpaired) electrons. The van der Waals surface area contributed by atoms with E-state index in [0.717, 1.165) is 19.0 Å². The van der Waals surface area contributed by atoms with Crippen LogP contribution < -0.4 is 5.73 Å². The van der Waals surface area contributed by atoms with Crippen molar-refractivity contribution in [2.45, 2.75) is 31.4 Å². The summed E-state index contributed by atoms with van der Waals surface area (Å²) < 4.78 is 28.2. The van der Waals surface area contributed by atoms with Crippen LogP contribution in [0.3, 0.4) is 0 Å². The number of rotatable bonds is 5. The molecule has 1 aliphatic heterocycles. The van der Waals surface area contributed by atoms with E-state index in [-0.39, 0.29) is 12.1 Å². The second-order valence-corrected chi connectivity index (χ2v) is 6.53. The third kappa shape index (κ3) is 4.21. The summed E-state index contributed by atoms with van der Waals surface area (Å²) in [7, 11) is 0. The summed E-state index contributed by atoms with van der Waals surface area (Å²) in [5, 5.41) is 14.8. The maximum Gasteiger partial charge on any atom is 0.220 e. The summed E-state index contributed by atoms with van der Waals surface area (Å²) >= 11 is 0. The van der Waals surface area contributed by atoms with Crippen molar-refractivity contribution in [2.24, 2.45) is 5.73 Å². The van der Waals surface area contributed by atoms with E-state index in [1.54, 1.807) is 12.3 Å². The second kappa shape index (κ2) is 6.89. The lowest BCUT2D eigenvalue weighted by Crippen LogP contribution is -2.49. The number of carbonyl (C=O) groups excluding carboxylic acids is 1. The number of hydrogen-bond acceptors (Lipinski definition) is 4. The van der Waals surface area contributed by atoms with Gasteiger partial charge in [0, 0.05) is 25.4 Å². The molecular formula is C17H20F2N4O2. The van der Waals surface area contributed by atoms with Gasteiger partial charge in [-0.15, -0.1) is 0 Å². The van der Waals surface area contributed by atoms with Gasteiger partial charge in [0.2, 0.25) is 5.91 Å². The van der Waals surface area contributed by atoms with Crippen molar-refractivity contribution < 1.29 is 18.7 Å². The molecule has 0 aliphatic carbocycles. The number of nitrogens with zero attached hydrogens (tertiary/aromatic N) is 3. The van der Waals surface area contributed by atoms with Crippen molar-refractivity contribution in [3.63, 3.8) is 0 Å². The zero-order valence-corrected chi connectivity index (χ0v) is 13.7. The van der Waals surface area contributed by atoms with Crippen LogP contribution in [-0.4, -0.2) is 44.4 Å². The van der Waals surface area contributed by atoms with Gasteiger partial charge in [-0.3, -0.25) is 9.69 Å². The highest BCUT2D eigenvalue weighted by molar-refractivity contribution is 5.75. The van der Waals surface area contributed by atoms with Gasteiger partial charge in [0.05, 0.1) is 17.7 Å². The van der Waals surface area contributed by atoms with Crippen LogP contribution in [0.25, 0.3) is 5.69 Å². The number of nitrogens with two attached hydrogens (primary N) is 1. The van der Waals surface area contributed by atoms with E-state index in [0.29, 0.717) is 25.2 Å². The van der Waals surface area contributed by atoms with E-state index >= 15 is 0 Å². The third-order valence-corrected chi connectivity index (χ3v) is 4.32. The Kier molecular flexibility index (Phi) is 4.82. The molecule has 1 unspecified atom stereocenters. The van der Waals surface area contributed by atoms with Gasteiger partial charge < -0.3 is 10.8 Å². The lowest BCUT2D eigenvalue weighted by atomic mass is 9.89. The van der Waals surface area contributed by atoms with Crippen LogP contribution >= 0.6 is 0 Å². The molecule has 1 atom stereocenters. The molecule has 1 aromatic heterocycles. The topological polar surface area (TPSA) is 84.4 Å². The van der Waals surface area contributed by atoms with E-state index in [1.807, 2.05) is 4.90 Å². The van der Waals surface area contributed by atoms with Crippen molar-refractivity contribution in [3.05, 3.63) is 47.8 Å². The molecule has 3 rings (SSSR count). The Balaban J connectivity index is 1.70. The summed E-state index contributed by atoms with van der Waals surface area (Å²) in [5.74, 6) is -1.86. The van der Waals surface area contributed by atoms with Crippen molar-refractivity contribution in [1.82, 2.24) is 14.7 Å². The predicted octanol–water partition coefficient (Wildman–Crippen LogP) is 1.35. The second-order valence-electron chi connectivity index (χ2n) is 6.53. The number of halogens is 2. The molecule has 0 saturated carbocycles. The molecule has 2 aromatic rings. The molecule has 3 N–H and O–H groups in total. The molecule has 1 aliphatic rings. The SMILES string of the molecule is NC(=O)CC1(O)CCCN(Cc2ccn(-c3ccc(F)cc3F)n2)C1. The number of benzene rings is 1. The highest BCUT2D eigenvalue weighted by Crippen LogP contribution is 2.25. The van der Waals surface area contributed by atoms with Crippen LogP contribution in [0.5, 0.6) is 0 Å². The Morgan fingerprint density at radius 2 is 2.16 bits per heavy atom. The summed E-state index contributed by atoms with van der Waals surface area (Å²) in [6.45, 7) is 1.55. The van der Waals surface area contributed by atoms with E-state index in [9.17, 15) is 18.7 Å². The van der Waals surface area contributed by atoms with Gasteiger partial charge >= 0.3 is 0 Å². The first-order valence-corrected chi connectivity index (χ1v) is 8.08. The minimum atomic E-state index is -1.12. The highest BCUT2D eigenvalue weighted by atomic mass is 19.1. The normalized spacial score (nSPS) is 21.4. The predicted molar refractivity (Wildman–Crippen MR) is 86.8 cm³/mol. The van der Waals surface area contributed by atoms with Crippen molar-refractivity contribution >= 4 is 5.91 Å². The first-order chi connectivity index (χ1) is 11.8. The number of carbonyl (C=O) groups is 1. The van der Waals surface area contributed by atoms with E-state index in [4.69, 9.17) is 5.73 Å². The average Bonchev–Trinajstić information content (AvgIpc) is 2.94. The lowest BCUT2D eigenvalue weighted by molar-refractivity contribution is -0.125. The van der Waals surface area contributed by atoms with Crippen LogP contribution in [0.2, 0.25) is 0 Å². The molecule has 1 fully saturated rings. The third-order valence-electron chi connectivity index (χ3n) is 4.32. The molecule has 134 valence electrons. The maximum atomic E-state index is 13.8. The van der Waals surface area contributed by atoms with Crippen LogP contribution in [0.1, 0.15) is 25.0 Å². The number of amides is 1. The van der Waals surface area contributed by atoms with Crippen LogP contribution in [0, 0.1) is 11.6 Å². The Bertz CT molecular complexity index is 780. The van der Waals surface area contributed by atoms with Crippen molar-refractivity contribution in [1.29, 1.82) is 0 Å². The Morgan fingerprint density at radius 1 is 1.36 bits per heavy atom. The molecule has 25 heavy (non-hydrogen) atoms. The standard InChI is InChI=1S/C17H20F2N4O2/c18-12-2-3-15(14(19)8-12)23-7-4-13(21-23)10-22-6-1-5-17(25,11-22)9-16(20)24/h2-4,7-8,25H,1,5-6,9-11H2,(H2,20,24). The average molecular weight is 350 g/mol. The van der Waals surface area contributed by atoms with Gasteiger partial charge in [0.1, 0.15) is 11.5 Å². The first kappa shape index (κ1) is 17.5. The van der Waals surface area contributed by atoms with Gasteiger partial charge in [-0.05, 0) is 37.6 Å². The highest BCUT2D eigenvalue weighted by Gasteiger charge is 2.34. The molecule has 0 bridgehead atoms. The molecule has 2 heterocycles. The van der Waals surface area contributed by atoms with Gasteiger partial charge in [0.25, 0.3) is 0 Å². The quantitative estimate of drug-likeness (QED) is 0.853. The molecule has 8 heteroatoms. The number of aliphatic hydroxyl groups is 1. The fraction of sp³-hybridized carbons (Fsp3) is 0.412. The Morgan fingerprint density at radius 3 is 2.88 bits per heavy atom. The minimum Gasteiger partial charge on any atom is -0.388 e. The fourth-order valence-electron chi connectivity index (χ4n) is 3.29. The van der Waals surface area contributed by atoms with Gasteiger partial charge in [-0.25, -0.2) is 13.5 Å². The zero-order chi connectivity index (χ0) is 18.0. The first-order valence-electron chi connectivity index (χ1n) is 8.08. The smallest absolute Gasteiger partial charge is 0.220 e. The van der Waals surface area contributed by atoms with E-state index < -0.39 is 23.1 Å². The Labute approximate surface area is 143 Å². The fourth-order valence-corrected chi connectivity index (χ4v) is 3.29. The number of aromatic nitrogens is 2. The van der Waals surface area contributed by atoms with Gasteiger partial charge in [-0.1, -0.05) is 0 Å². The largest absolute Gasteiger partial charge is 0.388 e. The van der Waals surface area contributed by atoms with Crippen molar-refractivity contribution in [3.8, 4) is 5.69 Å². The molecular weight excluding hydrogens is 330 g/mol. The van der Waals surface area contributed by atoms with E-state index in [1.165, 1.54) is 16.8 Å². The molecule has 1 amide bonds. The van der Waals surface area contributed by atoms with E-state index in [2.05, 4.69) is 5.10 Å². The molecule has 0 spiro atoms. The number of β-amino-alcohol motifs (C(OH)–C–C–N with tert-alkyl or cyclic N) is 1. The summed E-state index contributed by atoms with van der Waals surface area (Å²) in [4.78, 5) is 13.1. The Hall–Kier alpha value is -2.32. The summed E-state index contributed by atoms with van der Waals surface area (Å²) in [6.07, 6.45) is 2.81.